The van der Waals surface area contributed by atoms with Crippen molar-refractivity contribution in [3.63, 3.8) is 0 Å². The number of hydrogen-bond acceptors (Lipinski definition) is 5. The maximum absolute atomic E-state index is 13.0. The van der Waals surface area contributed by atoms with Crippen LogP contribution < -0.4 is 5.32 Å². The second-order valence-electron chi connectivity index (χ2n) is 8.77. The molecule has 2 saturated heterocycles. The molecule has 3 rings (SSSR count). The van der Waals surface area contributed by atoms with Gasteiger partial charge in [-0.15, -0.1) is 11.3 Å². The summed E-state index contributed by atoms with van der Waals surface area (Å²) in [7, 11) is -3.60. The van der Waals surface area contributed by atoms with E-state index in [4.69, 9.17) is 0 Å². The molecule has 2 aliphatic rings. The van der Waals surface area contributed by atoms with Crippen molar-refractivity contribution in [2.75, 3.05) is 32.7 Å². The van der Waals surface area contributed by atoms with Crippen LogP contribution in [0.2, 0.25) is 0 Å². The molecule has 2 aliphatic heterocycles. The van der Waals surface area contributed by atoms with Gasteiger partial charge in [0.25, 0.3) is 5.91 Å². The highest BCUT2D eigenvalue weighted by atomic mass is 32.2. The quantitative estimate of drug-likeness (QED) is 0.757. The van der Waals surface area contributed by atoms with Crippen molar-refractivity contribution in [3.05, 3.63) is 16.3 Å². The summed E-state index contributed by atoms with van der Waals surface area (Å²) >= 11 is 1.20. The third kappa shape index (κ3) is 4.78. The van der Waals surface area contributed by atoms with Gasteiger partial charge < -0.3 is 5.32 Å². The number of nitrogens with one attached hydrogen (secondary N) is 1. The molecule has 158 valence electrons. The molecule has 2 fully saturated rings. The minimum atomic E-state index is -3.60. The van der Waals surface area contributed by atoms with Gasteiger partial charge in [-0.05, 0) is 63.4 Å². The van der Waals surface area contributed by atoms with Crippen LogP contribution in [0, 0.1) is 5.92 Å². The number of rotatable bonds is 6. The number of hydrogen-bond donors (Lipinski definition) is 1. The van der Waals surface area contributed by atoms with E-state index in [9.17, 15) is 13.2 Å². The average Bonchev–Trinajstić information content (AvgIpc) is 3.18. The molecule has 0 radical (unpaired) electrons. The highest BCUT2D eigenvalue weighted by Crippen LogP contribution is 2.28. The van der Waals surface area contributed by atoms with E-state index < -0.39 is 10.0 Å². The Balaban J connectivity index is 1.68. The Labute approximate surface area is 173 Å². The van der Waals surface area contributed by atoms with Crippen LogP contribution in [0.3, 0.4) is 0 Å². The molecule has 1 N–H and O–H groups in total. The van der Waals surface area contributed by atoms with Crippen LogP contribution in [-0.2, 0) is 10.0 Å². The monoisotopic (exact) mass is 427 g/mol. The molecule has 1 aromatic heterocycles. The largest absolute Gasteiger partial charge is 0.349 e. The molecule has 1 amide bonds. The van der Waals surface area contributed by atoms with Crippen molar-refractivity contribution in [3.8, 4) is 0 Å². The van der Waals surface area contributed by atoms with E-state index in [1.54, 1.807) is 11.4 Å². The molecule has 6 nitrogen and oxygen atoms in total. The van der Waals surface area contributed by atoms with Crippen molar-refractivity contribution in [2.45, 2.75) is 63.3 Å². The van der Waals surface area contributed by atoms with Crippen LogP contribution in [0.4, 0.5) is 0 Å². The Kier molecular flexibility index (Phi) is 6.84. The van der Waals surface area contributed by atoms with Gasteiger partial charge in [-0.1, -0.05) is 13.3 Å². The van der Waals surface area contributed by atoms with E-state index in [1.165, 1.54) is 28.5 Å². The van der Waals surface area contributed by atoms with Gasteiger partial charge in [0.1, 0.15) is 9.77 Å². The summed E-state index contributed by atoms with van der Waals surface area (Å²) in [5.74, 6) is 0.381. The first kappa shape index (κ1) is 21.7. The normalized spacial score (nSPS) is 22.9. The van der Waals surface area contributed by atoms with E-state index in [0.29, 0.717) is 30.4 Å². The van der Waals surface area contributed by atoms with Crippen LogP contribution in [0.1, 0.15) is 62.5 Å². The van der Waals surface area contributed by atoms with Crippen LogP contribution >= 0.6 is 11.3 Å². The van der Waals surface area contributed by atoms with Crippen LogP contribution in [-0.4, -0.2) is 61.8 Å². The molecule has 1 aromatic rings. The number of piperidine rings is 2. The second-order valence-corrected chi connectivity index (χ2v) is 11.6. The highest BCUT2D eigenvalue weighted by Gasteiger charge is 2.33. The molecule has 1 unspecified atom stereocenters. The van der Waals surface area contributed by atoms with E-state index in [-0.39, 0.29) is 16.3 Å². The first-order valence-corrected chi connectivity index (χ1v) is 12.6. The van der Waals surface area contributed by atoms with Gasteiger partial charge in [0.2, 0.25) is 10.0 Å². The number of thiophene rings is 1. The fourth-order valence-electron chi connectivity index (χ4n) is 4.14. The summed E-state index contributed by atoms with van der Waals surface area (Å²) < 4.78 is 27.5. The smallest absolute Gasteiger partial charge is 0.262 e. The third-order valence-electron chi connectivity index (χ3n) is 5.96. The lowest BCUT2D eigenvalue weighted by molar-refractivity contribution is 0.0657. The summed E-state index contributed by atoms with van der Waals surface area (Å²) in [6, 6.07) is 1.57. The number of sulfonamides is 1. The minimum Gasteiger partial charge on any atom is -0.349 e. The van der Waals surface area contributed by atoms with Gasteiger partial charge in [0.05, 0.1) is 0 Å². The Bertz CT molecular complexity index is 782. The standard InChI is InChI=1S/C20H33N3O3S2/c1-16-8-7-10-22(14-16)20(2,3)15-21-19(24)18-17(9-13-27-18)28(25,26)23-11-5-4-6-12-23/h9,13,16H,4-8,10-12,14-15H2,1-3H3,(H,21,24). The molecule has 0 saturated carbocycles. The zero-order chi connectivity index (χ0) is 20.4. The van der Waals surface area contributed by atoms with Crippen LogP contribution in [0.5, 0.6) is 0 Å². The molecule has 1 atom stereocenters. The third-order valence-corrected chi connectivity index (χ3v) is 8.95. The molecular formula is C20H33N3O3S2. The molecule has 0 aliphatic carbocycles. The highest BCUT2D eigenvalue weighted by molar-refractivity contribution is 7.89. The average molecular weight is 428 g/mol. The van der Waals surface area contributed by atoms with Crippen molar-refractivity contribution in [1.29, 1.82) is 0 Å². The maximum Gasteiger partial charge on any atom is 0.262 e. The Morgan fingerprint density at radius 3 is 2.61 bits per heavy atom. The summed E-state index contributed by atoms with van der Waals surface area (Å²) in [5.41, 5.74) is -0.159. The van der Waals surface area contributed by atoms with Gasteiger partial charge >= 0.3 is 0 Å². The van der Waals surface area contributed by atoms with Gasteiger partial charge in [0.15, 0.2) is 0 Å². The zero-order valence-electron chi connectivity index (χ0n) is 17.2. The van der Waals surface area contributed by atoms with Crippen LogP contribution in [0.25, 0.3) is 0 Å². The summed E-state index contributed by atoms with van der Waals surface area (Å²) in [6.45, 7) is 10.2. The number of amides is 1. The minimum absolute atomic E-state index is 0.154. The summed E-state index contributed by atoms with van der Waals surface area (Å²) in [4.78, 5) is 15.7. The van der Waals surface area contributed by atoms with E-state index in [0.717, 1.165) is 32.4 Å². The van der Waals surface area contributed by atoms with Gasteiger partial charge in [-0.3, -0.25) is 9.69 Å². The number of carbonyl (C=O) groups excluding carboxylic acids is 1. The second kappa shape index (κ2) is 8.81. The maximum atomic E-state index is 13.0. The fraction of sp³-hybridized carbons (Fsp3) is 0.750. The summed E-state index contributed by atoms with van der Waals surface area (Å²) in [5, 5.41) is 4.70. The van der Waals surface area contributed by atoms with Gasteiger partial charge in [-0.25, -0.2) is 8.42 Å². The van der Waals surface area contributed by atoms with Crippen molar-refractivity contribution >= 4 is 27.3 Å². The first-order chi connectivity index (χ1) is 13.2. The van der Waals surface area contributed by atoms with Crippen molar-refractivity contribution in [2.24, 2.45) is 5.92 Å². The fourth-order valence-corrected chi connectivity index (χ4v) is 6.97. The van der Waals surface area contributed by atoms with E-state index in [1.807, 2.05) is 0 Å². The molecule has 0 spiro atoms. The number of nitrogens with zero attached hydrogens (tertiary/aromatic N) is 2. The molecular weight excluding hydrogens is 394 g/mol. The lowest BCUT2D eigenvalue weighted by atomic mass is 9.93. The van der Waals surface area contributed by atoms with Crippen molar-refractivity contribution < 1.29 is 13.2 Å². The van der Waals surface area contributed by atoms with Gasteiger partial charge in [0, 0.05) is 31.7 Å². The first-order valence-electron chi connectivity index (χ1n) is 10.3. The van der Waals surface area contributed by atoms with Crippen LogP contribution in [0.15, 0.2) is 16.3 Å². The molecule has 28 heavy (non-hydrogen) atoms. The lowest BCUT2D eigenvalue weighted by Crippen LogP contribution is -2.54. The van der Waals surface area contributed by atoms with E-state index >= 15 is 0 Å². The predicted molar refractivity (Wildman–Crippen MR) is 113 cm³/mol. The number of likely N-dealkylation sites (tertiary alicyclic amines) is 1. The Hall–Kier alpha value is -0.960. The Morgan fingerprint density at radius 1 is 1.21 bits per heavy atom. The summed E-state index contributed by atoms with van der Waals surface area (Å²) in [6.07, 6.45) is 5.27. The van der Waals surface area contributed by atoms with Gasteiger partial charge in [-0.2, -0.15) is 4.31 Å². The molecule has 0 bridgehead atoms. The molecule has 3 heterocycles. The Morgan fingerprint density at radius 2 is 1.93 bits per heavy atom. The molecule has 0 aromatic carbocycles. The van der Waals surface area contributed by atoms with E-state index in [2.05, 4.69) is 31.0 Å². The predicted octanol–water partition coefficient (Wildman–Crippen LogP) is 3.16. The molecule has 8 heteroatoms. The van der Waals surface area contributed by atoms with Crippen molar-refractivity contribution in [1.82, 2.24) is 14.5 Å². The number of carbonyl (C=O) groups is 1. The topological polar surface area (TPSA) is 69.7 Å². The SMILES string of the molecule is CC1CCCN(C(C)(C)CNC(=O)c2sccc2S(=O)(=O)N2CCCCC2)C1. The zero-order valence-corrected chi connectivity index (χ0v) is 18.9. The lowest BCUT2D eigenvalue weighted by Gasteiger charge is -2.43.